The van der Waals surface area contributed by atoms with E-state index in [1.807, 2.05) is 24.3 Å². The highest BCUT2D eigenvalue weighted by molar-refractivity contribution is 14.1. The third-order valence-corrected chi connectivity index (χ3v) is 3.90. The lowest BCUT2D eigenvalue weighted by Gasteiger charge is -2.30. The number of carbonyl (C=O) groups is 1. The molecule has 0 bridgehead atoms. The van der Waals surface area contributed by atoms with Gasteiger partial charge >= 0.3 is 0 Å². The first-order valence-electron chi connectivity index (χ1n) is 5.94. The normalized spacial score (nSPS) is 24.4. The van der Waals surface area contributed by atoms with Crippen molar-refractivity contribution in [3.8, 4) is 0 Å². The van der Waals surface area contributed by atoms with Crippen LogP contribution in [-0.4, -0.2) is 25.0 Å². The Morgan fingerprint density at radius 1 is 1.53 bits per heavy atom. The number of piperidine rings is 1. The minimum absolute atomic E-state index is 0.0315. The predicted octanol–water partition coefficient (Wildman–Crippen LogP) is 2.02. The van der Waals surface area contributed by atoms with Gasteiger partial charge in [-0.15, -0.1) is 0 Å². The molecule has 0 aromatic heterocycles. The SMILES string of the molecule is CC1CCNCC1NC(=O)c1cccc(I)c1. The van der Waals surface area contributed by atoms with E-state index in [0.717, 1.165) is 28.6 Å². The van der Waals surface area contributed by atoms with Crippen molar-refractivity contribution in [3.05, 3.63) is 33.4 Å². The summed E-state index contributed by atoms with van der Waals surface area (Å²) in [5.41, 5.74) is 0.745. The molecular weight excluding hydrogens is 327 g/mol. The van der Waals surface area contributed by atoms with Crippen molar-refractivity contribution in [2.45, 2.75) is 19.4 Å². The molecule has 1 aromatic carbocycles. The molecule has 1 heterocycles. The van der Waals surface area contributed by atoms with Crippen LogP contribution < -0.4 is 10.6 Å². The van der Waals surface area contributed by atoms with Gasteiger partial charge in [0.25, 0.3) is 5.91 Å². The molecule has 1 aromatic rings. The Labute approximate surface area is 116 Å². The number of rotatable bonds is 2. The number of carbonyl (C=O) groups excluding carboxylic acids is 1. The lowest BCUT2D eigenvalue weighted by molar-refractivity contribution is 0.0915. The minimum atomic E-state index is 0.0315. The molecule has 2 unspecified atom stereocenters. The molecule has 0 aliphatic carbocycles. The van der Waals surface area contributed by atoms with Crippen molar-refractivity contribution in [3.63, 3.8) is 0 Å². The van der Waals surface area contributed by atoms with Crippen LogP contribution in [0, 0.1) is 9.49 Å². The summed E-state index contributed by atoms with van der Waals surface area (Å²) < 4.78 is 1.09. The van der Waals surface area contributed by atoms with Gasteiger partial charge in [-0.1, -0.05) is 13.0 Å². The second-order valence-electron chi connectivity index (χ2n) is 4.56. The van der Waals surface area contributed by atoms with E-state index in [2.05, 4.69) is 40.1 Å². The largest absolute Gasteiger partial charge is 0.348 e. The van der Waals surface area contributed by atoms with E-state index in [1.54, 1.807) is 0 Å². The van der Waals surface area contributed by atoms with E-state index < -0.39 is 0 Å². The molecule has 2 rings (SSSR count). The molecular formula is C13H17IN2O. The highest BCUT2D eigenvalue weighted by Crippen LogP contribution is 2.13. The molecule has 0 radical (unpaired) electrons. The Hall–Kier alpha value is -0.620. The van der Waals surface area contributed by atoms with Crippen molar-refractivity contribution in [1.29, 1.82) is 0 Å². The summed E-state index contributed by atoms with van der Waals surface area (Å²) in [6.45, 7) is 4.12. The van der Waals surface area contributed by atoms with Gasteiger partial charge in [0.05, 0.1) is 0 Å². The number of benzene rings is 1. The Kier molecular flexibility index (Phi) is 4.39. The van der Waals surface area contributed by atoms with Crippen LogP contribution in [0.4, 0.5) is 0 Å². The standard InChI is InChI=1S/C13H17IN2O/c1-9-5-6-15-8-12(9)16-13(17)10-3-2-4-11(14)7-10/h2-4,7,9,12,15H,5-6,8H2,1H3,(H,16,17). The molecule has 0 spiro atoms. The molecule has 1 saturated heterocycles. The summed E-state index contributed by atoms with van der Waals surface area (Å²) in [6.07, 6.45) is 1.12. The second kappa shape index (κ2) is 5.82. The molecule has 2 N–H and O–H groups in total. The Bertz CT molecular complexity index is 408. The number of hydrogen-bond acceptors (Lipinski definition) is 2. The molecule has 1 aliphatic rings. The van der Waals surface area contributed by atoms with Gasteiger partial charge in [-0.2, -0.15) is 0 Å². The zero-order valence-corrected chi connectivity index (χ0v) is 12.0. The monoisotopic (exact) mass is 344 g/mol. The van der Waals surface area contributed by atoms with E-state index in [4.69, 9.17) is 0 Å². The first kappa shape index (κ1) is 12.8. The predicted molar refractivity (Wildman–Crippen MR) is 77.1 cm³/mol. The van der Waals surface area contributed by atoms with E-state index in [1.165, 1.54) is 0 Å². The minimum Gasteiger partial charge on any atom is -0.348 e. The zero-order valence-electron chi connectivity index (χ0n) is 9.87. The van der Waals surface area contributed by atoms with Gasteiger partial charge in [-0.05, 0) is 59.7 Å². The van der Waals surface area contributed by atoms with E-state index in [-0.39, 0.29) is 11.9 Å². The number of halogens is 1. The molecule has 92 valence electrons. The van der Waals surface area contributed by atoms with Crippen molar-refractivity contribution in [2.24, 2.45) is 5.92 Å². The van der Waals surface area contributed by atoms with Crippen molar-refractivity contribution >= 4 is 28.5 Å². The highest BCUT2D eigenvalue weighted by atomic mass is 127. The third-order valence-electron chi connectivity index (χ3n) is 3.23. The summed E-state index contributed by atoms with van der Waals surface area (Å²) in [5, 5.41) is 6.42. The maximum Gasteiger partial charge on any atom is 0.251 e. The average molecular weight is 344 g/mol. The Morgan fingerprint density at radius 2 is 2.35 bits per heavy atom. The van der Waals surface area contributed by atoms with Gasteiger partial charge in [-0.3, -0.25) is 4.79 Å². The molecule has 1 fully saturated rings. The topological polar surface area (TPSA) is 41.1 Å². The maximum absolute atomic E-state index is 12.1. The van der Waals surface area contributed by atoms with Crippen LogP contribution in [0.3, 0.4) is 0 Å². The Morgan fingerprint density at radius 3 is 3.06 bits per heavy atom. The molecule has 3 nitrogen and oxygen atoms in total. The van der Waals surface area contributed by atoms with Gasteiger partial charge in [0.1, 0.15) is 0 Å². The van der Waals surface area contributed by atoms with Gasteiger partial charge in [0.2, 0.25) is 0 Å². The fraction of sp³-hybridized carbons (Fsp3) is 0.462. The van der Waals surface area contributed by atoms with Crippen LogP contribution in [0.25, 0.3) is 0 Å². The van der Waals surface area contributed by atoms with Crippen LogP contribution in [0.5, 0.6) is 0 Å². The molecule has 4 heteroatoms. The zero-order chi connectivity index (χ0) is 12.3. The first-order chi connectivity index (χ1) is 8.16. The van der Waals surface area contributed by atoms with Crippen molar-refractivity contribution in [2.75, 3.05) is 13.1 Å². The molecule has 2 atom stereocenters. The van der Waals surface area contributed by atoms with Crippen molar-refractivity contribution in [1.82, 2.24) is 10.6 Å². The van der Waals surface area contributed by atoms with Gasteiger partial charge in [0.15, 0.2) is 0 Å². The quantitative estimate of drug-likeness (QED) is 0.806. The maximum atomic E-state index is 12.1. The van der Waals surface area contributed by atoms with Crippen LogP contribution in [0.1, 0.15) is 23.7 Å². The van der Waals surface area contributed by atoms with Crippen molar-refractivity contribution < 1.29 is 4.79 Å². The lowest BCUT2D eigenvalue weighted by Crippen LogP contribution is -2.50. The fourth-order valence-electron chi connectivity index (χ4n) is 2.06. The van der Waals surface area contributed by atoms with Crippen LogP contribution >= 0.6 is 22.6 Å². The lowest BCUT2D eigenvalue weighted by atomic mass is 9.94. The van der Waals surface area contributed by atoms with Gasteiger partial charge < -0.3 is 10.6 Å². The van der Waals surface area contributed by atoms with Crippen LogP contribution in [0.2, 0.25) is 0 Å². The van der Waals surface area contributed by atoms with Gasteiger partial charge in [-0.25, -0.2) is 0 Å². The molecule has 1 amide bonds. The molecule has 0 saturated carbocycles. The van der Waals surface area contributed by atoms with Crippen LogP contribution in [-0.2, 0) is 0 Å². The smallest absolute Gasteiger partial charge is 0.251 e. The van der Waals surface area contributed by atoms with E-state index in [0.29, 0.717) is 5.92 Å². The summed E-state index contributed by atoms with van der Waals surface area (Å²) >= 11 is 2.22. The number of amides is 1. The fourth-order valence-corrected chi connectivity index (χ4v) is 2.61. The average Bonchev–Trinajstić information content (AvgIpc) is 2.32. The summed E-state index contributed by atoms with van der Waals surface area (Å²) in [7, 11) is 0. The first-order valence-corrected chi connectivity index (χ1v) is 7.02. The van der Waals surface area contributed by atoms with E-state index in [9.17, 15) is 4.79 Å². The van der Waals surface area contributed by atoms with Gasteiger partial charge in [0, 0.05) is 21.7 Å². The summed E-state index contributed by atoms with van der Waals surface area (Å²) in [6, 6.07) is 7.92. The highest BCUT2D eigenvalue weighted by Gasteiger charge is 2.22. The van der Waals surface area contributed by atoms with E-state index >= 15 is 0 Å². The number of hydrogen-bond donors (Lipinski definition) is 2. The Balaban J connectivity index is 2.01. The third kappa shape index (κ3) is 3.42. The summed E-state index contributed by atoms with van der Waals surface area (Å²) in [5.74, 6) is 0.576. The summed E-state index contributed by atoms with van der Waals surface area (Å²) in [4.78, 5) is 12.1. The van der Waals surface area contributed by atoms with Crippen LogP contribution in [0.15, 0.2) is 24.3 Å². The second-order valence-corrected chi connectivity index (χ2v) is 5.81. The molecule has 1 aliphatic heterocycles. The number of nitrogens with one attached hydrogen (secondary N) is 2. The molecule has 17 heavy (non-hydrogen) atoms.